The monoisotopic (exact) mass is 143 g/mol. The zero-order valence-corrected chi connectivity index (χ0v) is 7.02. The Bertz CT molecular complexity index is 102. The molecule has 2 N–H and O–H groups in total. The Morgan fingerprint density at radius 3 is 2.40 bits per heavy atom. The second-order valence-electron chi connectivity index (χ2n) is 3.05. The van der Waals surface area contributed by atoms with Crippen molar-refractivity contribution in [1.29, 1.82) is 0 Å². The van der Waals surface area contributed by atoms with Gasteiger partial charge in [0.25, 0.3) is 0 Å². The van der Waals surface area contributed by atoms with Gasteiger partial charge in [-0.15, -0.1) is 0 Å². The van der Waals surface area contributed by atoms with E-state index in [1.807, 2.05) is 19.2 Å². The maximum absolute atomic E-state index is 9.25. The third-order valence-electron chi connectivity index (χ3n) is 1.11. The maximum Gasteiger partial charge on any atom is 0.0626 e. The minimum atomic E-state index is -0.565. The molecule has 0 aliphatic carbocycles. The Balaban J connectivity index is 3.34. The van der Waals surface area contributed by atoms with Gasteiger partial charge in [0.15, 0.2) is 0 Å². The smallest absolute Gasteiger partial charge is 0.0626 e. The fourth-order valence-corrected chi connectivity index (χ4v) is 0.573. The Hall–Kier alpha value is -0.340. The molecule has 2 heteroatoms. The predicted molar refractivity (Wildman–Crippen MR) is 44.0 cm³/mol. The second-order valence-corrected chi connectivity index (χ2v) is 3.05. The van der Waals surface area contributed by atoms with Crippen LogP contribution in [0, 0.1) is 0 Å². The van der Waals surface area contributed by atoms with E-state index in [-0.39, 0.29) is 0 Å². The van der Waals surface area contributed by atoms with Gasteiger partial charge in [0.05, 0.1) is 5.60 Å². The molecule has 10 heavy (non-hydrogen) atoms. The first kappa shape index (κ1) is 9.66. The van der Waals surface area contributed by atoms with Gasteiger partial charge in [-0.1, -0.05) is 12.2 Å². The molecule has 60 valence electrons. The molecule has 0 heterocycles. The van der Waals surface area contributed by atoms with E-state index >= 15 is 0 Å². The first-order valence-electron chi connectivity index (χ1n) is 3.58. The van der Waals surface area contributed by atoms with Crippen molar-refractivity contribution in [2.24, 2.45) is 0 Å². The zero-order chi connectivity index (χ0) is 8.04. The van der Waals surface area contributed by atoms with Crippen LogP contribution in [0.5, 0.6) is 0 Å². The number of hydrogen-bond acceptors (Lipinski definition) is 2. The quantitative estimate of drug-likeness (QED) is 0.574. The van der Waals surface area contributed by atoms with E-state index in [4.69, 9.17) is 0 Å². The van der Waals surface area contributed by atoms with Gasteiger partial charge in [0, 0.05) is 6.54 Å². The Morgan fingerprint density at radius 2 is 2.00 bits per heavy atom. The second kappa shape index (κ2) is 4.47. The summed E-state index contributed by atoms with van der Waals surface area (Å²) in [6.07, 6.45) is 4.71. The van der Waals surface area contributed by atoms with E-state index in [1.165, 1.54) is 0 Å². The largest absolute Gasteiger partial charge is 0.390 e. The number of hydrogen-bond donors (Lipinski definition) is 2. The van der Waals surface area contributed by atoms with Crippen LogP contribution < -0.4 is 5.32 Å². The van der Waals surface area contributed by atoms with Crippen molar-refractivity contribution >= 4 is 0 Å². The lowest BCUT2D eigenvalue weighted by Gasteiger charge is -2.13. The van der Waals surface area contributed by atoms with Crippen LogP contribution >= 0.6 is 0 Å². The molecular formula is C8H17NO. The zero-order valence-electron chi connectivity index (χ0n) is 7.02. The molecule has 0 bridgehead atoms. The standard InChI is InChI=1S/C8H17NO/c1-8(2,10)6-4-5-7-9-3/h4-5,9-10H,6-7H2,1-3H3/b5-4+. The molecule has 0 amide bonds. The summed E-state index contributed by atoms with van der Waals surface area (Å²) in [4.78, 5) is 0. The third kappa shape index (κ3) is 7.66. The van der Waals surface area contributed by atoms with Crippen molar-refractivity contribution in [2.45, 2.75) is 25.9 Å². The van der Waals surface area contributed by atoms with Gasteiger partial charge in [-0.3, -0.25) is 0 Å². The van der Waals surface area contributed by atoms with E-state index in [0.717, 1.165) is 6.54 Å². The van der Waals surface area contributed by atoms with Crippen LogP contribution in [0.15, 0.2) is 12.2 Å². The maximum atomic E-state index is 9.25. The summed E-state index contributed by atoms with van der Waals surface area (Å²) in [5, 5.41) is 12.2. The fourth-order valence-electron chi connectivity index (χ4n) is 0.573. The SMILES string of the molecule is CNC/C=C/CC(C)(C)O. The summed E-state index contributed by atoms with van der Waals surface area (Å²) in [7, 11) is 1.90. The minimum absolute atomic E-state index is 0.565. The first-order valence-corrected chi connectivity index (χ1v) is 3.58. The highest BCUT2D eigenvalue weighted by Crippen LogP contribution is 2.06. The van der Waals surface area contributed by atoms with E-state index in [0.29, 0.717) is 6.42 Å². The van der Waals surface area contributed by atoms with Gasteiger partial charge in [0.2, 0.25) is 0 Å². The summed E-state index contributed by atoms with van der Waals surface area (Å²) in [6, 6.07) is 0. The van der Waals surface area contributed by atoms with Crippen LogP contribution in [0.3, 0.4) is 0 Å². The van der Waals surface area contributed by atoms with Crippen LogP contribution in [0.1, 0.15) is 20.3 Å². The molecule has 0 aliphatic heterocycles. The summed E-state index contributed by atoms with van der Waals surface area (Å²) < 4.78 is 0. The Morgan fingerprint density at radius 1 is 1.40 bits per heavy atom. The number of rotatable bonds is 4. The average Bonchev–Trinajstić information content (AvgIpc) is 1.78. The predicted octanol–water partition coefficient (Wildman–Crippen LogP) is 0.923. The van der Waals surface area contributed by atoms with E-state index in [1.54, 1.807) is 13.8 Å². The molecule has 0 spiro atoms. The average molecular weight is 143 g/mol. The van der Waals surface area contributed by atoms with Crippen LogP contribution in [-0.2, 0) is 0 Å². The van der Waals surface area contributed by atoms with Gasteiger partial charge in [-0.05, 0) is 27.3 Å². The topological polar surface area (TPSA) is 32.3 Å². The highest BCUT2D eigenvalue weighted by atomic mass is 16.3. The lowest BCUT2D eigenvalue weighted by Crippen LogP contribution is -2.16. The minimum Gasteiger partial charge on any atom is -0.390 e. The van der Waals surface area contributed by atoms with Crippen LogP contribution in [0.2, 0.25) is 0 Å². The van der Waals surface area contributed by atoms with Crippen molar-refractivity contribution in [3.63, 3.8) is 0 Å². The highest BCUT2D eigenvalue weighted by molar-refractivity contribution is 4.88. The molecule has 0 rings (SSSR count). The lowest BCUT2D eigenvalue weighted by molar-refractivity contribution is 0.0838. The Kier molecular flexibility index (Phi) is 4.32. The molecule has 0 aromatic carbocycles. The molecule has 0 aromatic rings. The molecule has 0 saturated carbocycles. The third-order valence-corrected chi connectivity index (χ3v) is 1.11. The lowest BCUT2D eigenvalue weighted by atomic mass is 10.1. The van der Waals surface area contributed by atoms with E-state index < -0.39 is 5.60 Å². The van der Waals surface area contributed by atoms with E-state index in [9.17, 15) is 5.11 Å². The molecular weight excluding hydrogens is 126 g/mol. The van der Waals surface area contributed by atoms with Gasteiger partial charge in [-0.25, -0.2) is 0 Å². The summed E-state index contributed by atoms with van der Waals surface area (Å²) in [5.74, 6) is 0. The van der Waals surface area contributed by atoms with E-state index in [2.05, 4.69) is 5.32 Å². The molecule has 0 aliphatic rings. The van der Waals surface area contributed by atoms with Crippen LogP contribution in [0.4, 0.5) is 0 Å². The van der Waals surface area contributed by atoms with Crippen LogP contribution in [-0.4, -0.2) is 24.3 Å². The number of aliphatic hydroxyl groups is 1. The first-order chi connectivity index (χ1) is 4.56. The Labute approximate surface area is 62.9 Å². The normalized spacial score (nSPS) is 12.8. The van der Waals surface area contributed by atoms with Crippen molar-refractivity contribution < 1.29 is 5.11 Å². The van der Waals surface area contributed by atoms with Gasteiger partial charge < -0.3 is 10.4 Å². The van der Waals surface area contributed by atoms with Crippen molar-refractivity contribution in [3.05, 3.63) is 12.2 Å². The molecule has 0 atom stereocenters. The number of likely N-dealkylation sites (N-methyl/N-ethyl adjacent to an activating group) is 1. The van der Waals surface area contributed by atoms with Gasteiger partial charge >= 0.3 is 0 Å². The fraction of sp³-hybridized carbons (Fsp3) is 0.750. The highest BCUT2D eigenvalue weighted by Gasteiger charge is 2.07. The van der Waals surface area contributed by atoms with Gasteiger partial charge in [-0.2, -0.15) is 0 Å². The van der Waals surface area contributed by atoms with Crippen LogP contribution in [0.25, 0.3) is 0 Å². The number of nitrogens with one attached hydrogen (secondary N) is 1. The summed E-state index contributed by atoms with van der Waals surface area (Å²) >= 11 is 0. The summed E-state index contributed by atoms with van der Waals surface area (Å²) in [5.41, 5.74) is -0.565. The summed E-state index contributed by atoms with van der Waals surface area (Å²) in [6.45, 7) is 4.48. The molecule has 0 saturated heterocycles. The van der Waals surface area contributed by atoms with Crippen molar-refractivity contribution in [1.82, 2.24) is 5.32 Å². The molecule has 0 radical (unpaired) electrons. The van der Waals surface area contributed by atoms with Gasteiger partial charge in [0.1, 0.15) is 0 Å². The molecule has 2 nitrogen and oxygen atoms in total. The molecule has 0 unspecified atom stereocenters. The molecule has 0 aromatic heterocycles. The molecule has 0 fully saturated rings. The van der Waals surface area contributed by atoms with Crippen molar-refractivity contribution in [2.75, 3.05) is 13.6 Å². The van der Waals surface area contributed by atoms with Crippen molar-refractivity contribution in [3.8, 4) is 0 Å².